The van der Waals surface area contributed by atoms with E-state index in [1.165, 1.54) is 13.8 Å². The molecule has 0 heterocycles. The Morgan fingerprint density at radius 2 is 1.87 bits per heavy atom. The Labute approximate surface area is 95.2 Å². The molecule has 1 rings (SSSR count). The molecule has 4 nitrogen and oxygen atoms in total. The van der Waals surface area contributed by atoms with E-state index in [-0.39, 0.29) is 0 Å². The number of nitrogens with zero attached hydrogens (tertiary/aromatic N) is 1. The van der Waals surface area contributed by atoms with Crippen LogP contribution >= 0.6 is 0 Å². The van der Waals surface area contributed by atoms with Gasteiger partial charge in [0.25, 0.3) is 0 Å². The maximum Gasteiger partial charge on any atom is 0.394 e. The lowest BCUT2D eigenvalue weighted by atomic mass is 10.2. The highest BCUT2D eigenvalue weighted by molar-refractivity contribution is 6.37. The van der Waals surface area contributed by atoms with Gasteiger partial charge in [0.05, 0.1) is 6.85 Å². The zero-order chi connectivity index (χ0) is 15.8. The van der Waals surface area contributed by atoms with Crippen LogP contribution in [0.3, 0.4) is 0 Å². The summed E-state index contributed by atoms with van der Waals surface area (Å²) in [5, 5.41) is 8.79. The summed E-state index contributed by atoms with van der Waals surface area (Å²) in [6.45, 7) is 2.98. The normalized spacial score (nSPS) is 14.7. The van der Waals surface area contributed by atoms with Crippen LogP contribution in [0.5, 0.6) is 0 Å². The first kappa shape index (κ1) is 5.90. The summed E-state index contributed by atoms with van der Waals surface area (Å²) in [5.41, 5.74) is -0.432. The minimum absolute atomic E-state index is 0.432. The van der Waals surface area contributed by atoms with Crippen LogP contribution < -0.4 is 4.90 Å². The van der Waals surface area contributed by atoms with E-state index in [1.54, 1.807) is 0 Å². The standard InChI is InChI=1S/C11H13NO3/c1-8(2)12(10(13)11(14)15)9-6-4-3-5-7-9/h3-8H,1-2H3,(H,14,15)/i3D,4D,5D,6D,7D. The minimum atomic E-state index is -1.76. The first-order valence-corrected chi connectivity index (χ1v) is 4.24. The second-order valence-corrected chi connectivity index (χ2v) is 3.05. The molecule has 0 saturated heterocycles. The minimum Gasteiger partial charge on any atom is -0.474 e. The summed E-state index contributed by atoms with van der Waals surface area (Å²) >= 11 is 0. The largest absolute Gasteiger partial charge is 0.474 e. The van der Waals surface area contributed by atoms with E-state index in [4.69, 9.17) is 12.0 Å². The fourth-order valence-electron chi connectivity index (χ4n) is 1.06. The molecule has 0 aromatic heterocycles. The van der Waals surface area contributed by atoms with Crippen LogP contribution in [0.2, 0.25) is 0 Å². The number of carbonyl (C=O) groups excluding carboxylic acids is 1. The summed E-state index contributed by atoms with van der Waals surface area (Å²) < 4.78 is 38.0. The molecule has 0 aliphatic carbocycles. The Bertz CT molecular complexity index is 559. The van der Waals surface area contributed by atoms with Gasteiger partial charge in [-0.25, -0.2) is 4.79 Å². The molecule has 80 valence electrons. The lowest BCUT2D eigenvalue weighted by Crippen LogP contribution is -2.41. The van der Waals surface area contributed by atoms with Gasteiger partial charge in [-0.15, -0.1) is 0 Å². The van der Waals surface area contributed by atoms with E-state index < -0.39 is 53.8 Å². The molecule has 1 aromatic carbocycles. The average molecular weight is 212 g/mol. The summed E-state index contributed by atoms with van der Waals surface area (Å²) in [7, 11) is 0. The van der Waals surface area contributed by atoms with Gasteiger partial charge in [-0.1, -0.05) is 18.1 Å². The van der Waals surface area contributed by atoms with E-state index in [0.717, 1.165) is 0 Å². The molecule has 0 radical (unpaired) electrons. The van der Waals surface area contributed by atoms with E-state index in [0.29, 0.717) is 4.90 Å². The van der Waals surface area contributed by atoms with E-state index in [9.17, 15) is 9.59 Å². The molecule has 1 aromatic rings. The number of anilines is 1. The topological polar surface area (TPSA) is 57.6 Å². The van der Waals surface area contributed by atoms with Crippen LogP contribution in [-0.4, -0.2) is 23.0 Å². The maximum atomic E-state index is 11.7. The summed E-state index contributed by atoms with van der Waals surface area (Å²) in [5.74, 6) is -3.11. The van der Waals surface area contributed by atoms with Gasteiger partial charge in [-0.05, 0) is 25.9 Å². The van der Waals surface area contributed by atoms with Gasteiger partial charge in [0.2, 0.25) is 0 Å². The number of hydrogen-bond donors (Lipinski definition) is 1. The molecular weight excluding hydrogens is 194 g/mol. The van der Waals surface area contributed by atoms with E-state index in [1.807, 2.05) is 0 Å². The number of benzene rings is 1. The summed E-state index contributed by atoms with van der Waals surface area (Å²) in [4.78, 5) is 23.2. The maximum absolute atomic E-state index is 11.7. The molecule has 0 aliphatic rings. The number of rotatable bonds is 2. The van der Waals surface area contributed by atoms with Crippen molar-refractivity contribution in [2.45, 2.75) is 19.9 Å². The number of aliphatic carboxylic acids is 1. The highest BCUT2D eigenvalue weighted by atomic mass is 16.4. The van der Waals surface area contributed by atoms with Crippen molar-refractivity contribution in [3.8, 4) is 0 Å². The highest BCUT2D eigenvalue weighted by Gasteiger charge is 2.24. The number of amides is 1. The molecular formula is C11H13NO3. The van der Waals surface area contributed by atoms with Crippen molar-refractivity contribution < 1.29 is 21.5 Å². The number of carboxylic acids is 1. The predicted octanol–water partition coefficient (Wildman–Crippen LogP) is 1.51. The summed E-state index contributed by atoms with van der Waals surface area (Å²) in [6, 6.07) is -3.74. The average Bonchev–Trinajstić information content (AvgIpc) is 2.37. The fourth-order valence-corrected chi connectivity index (χ4v) is 1.06. The first-order valence-electron chi connectivity index (χ1n) is 6.74. The quantitative estimate of drug-likeness (QED) is 0.756. The first-order chi connectivity index (χ1) is 9.11. The monoisotopic (exact) mass is 212 g/mol. The van der Waals surface area contributed by atoms with Crippen molar-refractivity contribution in [1.82, 2.24) is 0 Å². The van der Waals surface area contributed by atoms with Gasteiger partial charge in [0.1, 0.15) is 0 Å². The van der Waals surface area contributed by atoms with Gasteiger partial charge in [-0.3, -0.25) is 4.79 Å². The third-order valence-corrected chi connectivity index (χ3v) is 1.65. The smallest absolute Gasteiger partial charge is 0.394 e. The van der Waals surface area contributed by atoms with Crippen LogP contribution in [0.25, 0.3) is 0 Å². The van der Waals surface area contributed by atoms with Gasteiger partial charge < -0.3 is 10.0 Å². The van der Waals surface area contributed by atoms with Crippen LogP contribution in [0.4, 0.5) is 5.69 Å². The molecule has 1 amide bonds. The number of carboxylic acid groups (broad SMARTS) is 1. The van der Waals surface area contributed by atoms with Crippen molar-refractivity contribution in [3.63, 3.8) is 0 Å². The second kappa shape index (κ2) is 4.59. The zero-order valence-electron chi connectivity index (χ0n) is 13.3. The Kier molecular flexibility index (Phi) is 1.81. The highest BCUT2D eigenvalue weighted by Crippen LogP contribution is 2.16. The van der Waals surface area contributed by atoms with Crippen molar-refractivity contribution in [2.75, 3.05) is 4.90 Å². The molecule has 4 heteroatoms. The van der Waals surface area contributed by atoms with Gasteiger partial charge >= 0.3 is 11.9 Å². The van der Waals surface area contributed by atoms with Crippen LogP contribution in [0.15, 0.2) is 30.2 Å². The van der Waals surface area contributed by atoms with Crippen molar-refractivity contribution in [2.24, 2.45) is 0 Å². The van der Waals surface area contributed by atoms with Crippen molar-refractivity contribution >= 4 is 17.6 Å². The number of hydrogen-bond acceptors (Lipinski definition) is 2. The summed E-state index contributed by atoms with van der Waals surface area (Å²) in [6.07, 6.45) is 0. The SMILES string of the molecule is [2H]c1c([2H])c([2H])c(N(C(=O)C(=O)O)C(C)C)c([2H])c1[2H]. The zero-order valence-corrected chi connectivity index (χ0v) is 8.29. The van der Waals surface area contributed by atoms with Gasteiger partial charge in [-0.2, -0.15) is 0 Å². The van der Waals surface area contributed by atoms with Gasteiger partial charge in [0, 0.05) is 11.7 Å². The molecule has 0 bridgehead atoms. The third kappa shape index (κ3) is 2.56. The van der Waals surface area contributed by atoms with Crippen molar-refractivity contribution in [1.29, 1.82) is 0 Å². The van der Waals surface area contributed by atoms with E-state index >= 15 is 0 Å². The molecule has 0 saturated carbocycles. The molecule has 0 unspecified atom stereocenters. The second-order valence-electron chi connectivity index (χ2n) is 3.05. The number of para-hydroxylation sites is 1. The Morgan fingerprint density at radius 3 is 2.27 bits per heavy atom. The molecule has 0 aliphatic heterocycles. The molecule has 0 fully saturated rings. The Balaban J connectivity index is 3.66. The van der Waals surface area contributed by atoms with Crippen LogP contribution in [-0.2, 0) is 9.59 Å². The Morgan fingerprint density at radius 1 is 1.33 bits per heavy atom. The molecule has 15 heavy (non-hydrogen) atoms. The lowest BCUT2D eigenvalue weighted by molar-refractivity contribution is -0.149. The van der Waals surface area contributed by atoms with Crippen LogP contribution in [0, 0.1) is 0 Å². The lowest BCUT2D eigenvalue weighted by Gasteiger charge is -2.24. The fraction of sp³-hybridized carbons (Fsp3) is 0.273. The Hall–Kier alpha value is -1.84. The van der Waals surface area contributed by atoms with Gasteiger partial charge in [0.15, 0.2) is 0 Å². The molecule has 1 N–H and O–H groups in total. The van der Waals surface area contributed by atoms with Crippen molar-refractivity contribution in [3.05, 3.63) is 30.2 Å². The van der Waals surface area contributed by atoms with Crippen LogP contribution in [0.1, 0.15) is 20.7 Å². The predicted molar refractivity (Wildman–Crippen MR) is 56.7 cm³/mol. The third-order valence-electron chi connectivity index (χ3n) is 1.65. The molecule has 0 spiro atoms. The van der Waals surface area contributed by atoms with E-state index in [2.05, 4.69) is 0 Å². The molecule has 0 atom stereocenters. The number of carbonyl (C=O) groups is 2.